The highest BCUT2D eigenvalue weighted by atomic mass is 16.1. The van der Waals surface area contributed by atoms with Crippen LogP contribution in [0, 0.1) is 0 Å². The summed E-state index contributed by atoms with van der Waals surface area (Å²) >= 11 is 0. The van der Waals surface area contributed by atoms with Gasteiger partial charge in [-0.25, -0.2) is 9.79 Å². The molecule has 21 heavy (non-hydrogen) atoms. The first kappa shape index (κ1) is 19.9. The van der Waals surface area contributed by atoms with Crippen molar-refractivity contribution in [2.75, 3.05) is 6.54 Å². The molecule has 0 unspecified atom stereocenters. The van der Waals surface area contributed by atoms with Crippen molar-refractivity contribution >= 4 is 6.08 Å². The van der Waals surface area contributed by atoms with Gasteiger partial charge in [0.15, 0.2) is 0 Å². The van der Waals surface area contributed by atoms with E-state index in [2.05, 4.69) is 36.2 Å². The number of rotatable bonds is 15. The number of nitrogens with zero attached hydrogens (tertiary/aromatic N) is 1. The van der Waals surface area contributed by atoms with Crippen LogP contribution in [0.15, 0.2) is 29.3 Å². The highest BCUT2D eigenvalue weighted by molar-refractivity contribution is 5.32. The Morgan fingerprint density at radius 1 is 0.762 bits per heavy atom. The standard InChI is InChI=1S/C19H33NO/c1-2-3-4-5-6-7-8-9-10-11-12-13-14-15-16-17-18-20-19-21/h6-7,9-10H,2-5,8,11-18H2,1H3. The fraction of sp³-hybridized carbons (Fsp3) is 0.737. The second-order valence-electron chi connectivity index (χ2n) is 5.56. The number of allylic oxidation sites excluding steroid dienone is 4. The van der Waals surface area contributed by atoms with Gasteiger partial charge in [-0.2, -0.15) is 0 Å². The predicted molar refractivity (Wildman–Crippen MR) is 92.3 cm³/mol. The molecule has 0 saturated heterocycles. The quantitative estimate of drug-likeness (QED) is 0.154. The van der Waals surface area contributed by atoms with E-state index in [0.717, 1.165) is 12.8 Å². The lowest BCUT2D eigenvalue weighted by atomic mass is 10.1. The molecule has 0 heterocycles. The van der Waals surface area contributed by atoms with E-state index >= 15 is 0 Å². The van der Waals surface area contributed by atoms with Crippen molar-refractivity contribution in [3.63, 3.8) is 0 Å². The minimum absolute atomic E-state index is 0.651. The molecule has 2 heteroatoms. The smallest absolute Gasteiger partial charge is 0.211 e. The van der Waals surface area contributed by atoms with Crippen LogP contribution in [-0.4, -0.2) is 12.6 Å². The van der Waals surface area contributed by atoms with Crippen molar-refractivity contribution in [1.29, 1.82) is 0 Å². The summed E-state index contributed by atoms with van der Waals surface area (Å²) in [7, 11) is 0. The molecule has 0 saturated carbocycles. The SMILES string of the molecule is CCCCCC=CCC=CCCCCCCCCN=C=O. The maximum absolute atomic E-state index is 9.86. The summed E-state index contributed by atoms with van der Waals surface area (Å²) in [4.78, 5) is 13.4. The summed E-state index contributed by atoms with van der Waals surface area (Å²) in [6.07, 6.45) is 25.7. The van der Waals surface area contributed by atoms with Crippen molar-refractivity contribution in [2.45, 2.75) is 84.0 Å². The van der Waals surface area contributed by atoms with Crippen LogP contribution in [0.5, 0.6) is 0 Å². The number of aliphatic imine (C=N–C) groups is 1. The molecule has 0 radical (unpaired) electrons. The topological polar surface area (TPSA) is 29.4 Å². The highest BCUT2D eigenvalue weighted by Gasteiger charge is 1.90. The molecule has 0 rings (SSSR count). The van der Waals surface area contributed by atoms with E-state index in [1.165, 1.54) is 64.2 Å². The first-order valence-corrected chi connectivity index (χ1v) is 8.75. The fourth-order valence-electron chi connectivity index (χ4n) is 2.22. The summed E-state index contributed by atoms with van der Waals surface area (Å²) in [6, 6.07) is 0. The Morgan fingerprint density at radius 3 is 1.95 bits per heavy atom. The Bertz CT molecular complexity index is 301. The summed E-state index contributed by atoms with van der Waals surface area (Å²) < 4.78 is 0. The second-order valence-corrected chi connectivity index (χ2v) is 5.56. The van der Waals surface area contributed by atoms with E-state index in [0.29, 0.717) is 6.54 Å². The van der Waals surface area contributed by atoms with Crippen LogP contribution in [0.1, 0.15) is 84.0 Å². The molecule has 0 aliphatic heterocycles. The Kier molecular flexibility index (Phi) is 17.8. The van der Waals surface area contributed by atoms with Crippen molar-refractivity contribution in [2.24, 2.45) is 4.99 Å². The van der Waals surface area contributed by atoms with Gasteiger partial charge in [-0.05, 0) is 38.5 Å². The van der Waals surface area contributed by atoms with Crippen LogP contribution in [0.2, 0.25) is 0 Å². The van der Waals surface area contributed by atoms with Gasteiger partial charge in [0.1, 0.15) is 0 Å². The Hall–Kier alpha value is -1.14. The van der Waals surface area contributed by atoms with Gasteiger partial charge in [-0.1, -0.05) is 69.8 Å². The highest BCUT2D eigenvalue weighted by Crippen LogP contribution is 2.08. The summed E-state index contributed by atoms with van der Waals surface area (Å²) in [6.45, 7) is 2.90. The summed E-state index contributed by atoms with van der Waals surface area (Å²) in [5.41, 5.74) is 0. The lowest BCUT2D eigenvalue weighted by Crippen LogP contribution is -1.83. The fourth-order valence-corrected chi connectivity index (χ4v) is 2.22. The molecule has 0 aromatic carbocycles. The van der Waals surface area contributed by atoms with Gasteiger partial charge < -0.3 is 0 Å². The monoisotopic (exact) mass is 291 g/mol. The third-order valence-corrected chi connectivity index (χ3v) is 3.54. The maximum Gasteiger partial charge on any atom is 0.234 e. The average Bonchev–Trinajstić information content (AvgIpc) is 2.50. The molecule has 0 aromatic heterocycles. The van der Waals surface area contributed by atoms with Crippen molar-refractivity contribution in [3.05, 3.63) is 24.3 Å². The Labute approximate surface area is 131 Å². The van der Waals surface area contributed by atoms with E-state index in [1.54, 1.807) is 6.08 Å². The molecule has 0 amide bonds. The molecule has 0 atom stereocenters. The molecule has 120 valence electrons. The maximum atomic E-state index is 9.86. The zero-order valence-electron chi connectivity index (χ0n) is 13.9. The number of isocyanates is 1. The van der Waals surface area contributed by atoms with E-state index in [4.69, 9.17) is 0 Å². The molecular formula is C19H33NO. The molecule has 0 N–H and O–H groups in total. The second kappa shape index (κ2) is 18.9. The average molecular weight is 291 g/mol. The number of hydrogen-bond donors (Lipinski definition) is 0. The van der Waals surface area contributed by atoms with Crippen molar-refractivity contribution in [3.8, 4) is 0 Å². The molecule has 2 nitrogen and oxygen atoms in total. The number of unbranched alkanes of at least 4 members (excludes halogenated alkanes) is 9. The summed E-state index contributed by atoms with van der Waals surface area (Å²) in [5, 5.41) is 0. The van der Waals surface area contributed by atoms with E-state index in [-0.39, 0.29) is 0 Å². The molecule has 0 fully saturated rings. The zero-order valence-corrected chi connectivity index (χ0v) is 13.9. The van der Waals surface area contributed by atoms with Gasteiger partial charge in [0.2, 0.25) is 6.08 Å². The van der Waals surface area contributed by atoms with E-state index in [9.17, 15) is 4.79 Å². The minimum Gasteiger partial charge on any atom is -0.211 e. The minimum atomic E-state index is 0.651. The molecule has 0 aromatic rings. The van der Waals surface area contributed by atoms with E-state index in [1.807, 2.05) is 0 Å². The van der Waals surface area contributed by atoms with E-state index < -0.39 is 0 Å². The van der Waals surface area contributed by atoms with Crippen molar-refractivity contribution in [1.82, 2.24) is 0 Å². The lowest BCUT2D eigenvalue weighted by molar-refractivity contribution is 0.559. The third-order valence-electron chi connectivity index (χ3n) is 3.54. The van der Waals surface area contributed by atoms with Gasteiger partial charge in [-0.3, -0.25) is 0 Å². The Morgan fingerprint density at radius 2 is 1.33 bits per heavy atom. The van der Waals surface area contributed by atoms with Crippen LogP contribution in [0.4, 0.5) is 0 Å². The molecule has 0 bridgehead atoms. The molecule has 0 aliphatic rings. The third kappa shape index (κ3) is 18.9. The lowest BCUT2D eigenvalue weighted by Gasteiger charge is -1.98. The van der Waals surface area contributed by atoms with Crippen LogP contribution in [-0.2, 0) is 4.79 Å². The zero-order chi connectivity index (χ0) is 15.4. The first-order valence-electron chi connectivity index (χ1n) is 8.75. The van der Waals surface area contributed by atoms with Gasteiger partial charge >= 0.3 is 0 Å². The predicted octanol–water partition coefficient (Wildman–Crippen LogP) is 6.14. The molecule has 0 aliphatic carbocycles. The summed E-state index contributed by atoms with van der Waals surface area (Å²) in [5.74, 6) is 0. The normalized spacial score (nSPS) is 11.3. The van der Waals surface area contributed by atoms with Gasteiger partial charge in [0.05, 0.1) is 6.54 Å². The van der Waals surface area contributed by atoms with Crippen molar-refractivity contribution < 1.29 is 4.79 Å². The van der Waals surface area contributed by atoms with Crippen LogP contribution in [0.3, 0.4) is 0 Å². The van der Waals surface area contributed by atoms with Crippen LogP contribution in [0.25, 0.3) is 0 Å². The largest absolute Gasteiger partial charge is 0.234 e. The first-order chi connectivity index (χ1) is 10.4. The molecular weight excluding hydrogens is 258 g/mol. The molecule has 0 spiro atoms. The Balaban J connectivity index is 3.16. The van der Waals surface area contributed by atoms with Crippen LogP contribution < -0.4 is 0 Å². The number of carbonyl (C=O) groups excluding carboxylic acids is 1. The van der Waals surface area contributed by atoms with Crippen LogP contribution >= 0.6 is 0 Å². The number of hydrogen-bond acceptors (Lipinski definition) is 2. The van der Waals surface area contributed by atoms with Gasteiger partial charge in [-0.15, -0.1) is 0 Å². The van der Waals surface area contributed by atoms with Gasteiger partial charge in [0.25, 0.3) is 0 Å². The van der Waals surface area contributed by atoms with Gasteiger partial charge in [0, 0.05) is 0 Å².